The van der Waals surface area contributed by atoms with Gasteiger partial charge in [0.2, 0.25) is 5.91 Å². The van der Waals surface area contributed by atoms with E-state index in [4.69, 9.17) is 10.8 Å². The molecule has 0 saturated heterocycles. The fourth-order valence-corrected chi connectivity index (χ4v) is 2.66. The van der Waals surface area contributed by atoms with Crippen LogP contribution in [0.2, 0.25) is 0 Å². The number of nitrogens with one attached hydrogen (secondary N) is 2. The monoisotopic (exact) mass is 389 g/mol. The Balaban J connectivity index is 4.82. The van der Waals surface area contributed by atoms with E-state index in [1.165, 1.54) is 0 Å². The number of amides is 1. The first-order valence-electron chi connectivity index (χ1n) is 9.18. The van der Waals surface area contributed by atoms with E-state index in [2.05, 4.69) is 37.1 Å². The molecule has 4 atom stereocenters. The summed E-state index contributed by atoms with van der Waals surface area (Å²) >= 11 is 4.17. The molecule has 0 heterocycles. The summed E-state index contributed by atoms with van der Waals surface area (Å²) in [7, 11) is 0. The Morgan fingerprint density at radius 2 is 2.00 bits per heavy atom. The van der Waals surface area contributed by atoms with Crippen LogP contribution in [-0.4, -0.2) is 58.6 Å². The minimum Gasteiger partial charge on any atom is -0.480 e. The van der Waals surface area contributed by atoms with Crippen LogP contribution in [0.5, 0.6) is 0 Å². The molecule has 0 aromatic carbocycles. The van der Waals surface area contributed by atoms with Gasteiger partial charge in [0.1, 0.15) is 5.54 Å². The number of carboxylic acids is 1. The Bertz CT molecular complexity index is 462. The molecule has 8 heteroatoms. The van der Waals surface area contributed by atoms with Crippen molar-refractivity contribution in [1.29, 1.82) is 0 Å². The second-order valence-corrected chi connectivity index (χ2v) is 7.02. The zero-order chi connectivity index (χ0) is 20.2. The SMILES string of the molecule is CC[C@H](C)[C@@H](/C=C/CC(=O)N[C@](CC)(CCO)C(=O)O)NC[C@@H](N)CS. The van der Waals surface area contributed by atoms with Gasteiger partial charge in [-0.05, 0) is 12.3 Å². The fourth-order valence-electron chi connectivity index (χ4n) is 2.53. The van der Waals surface area contributed by atoms with Gasteiger partial charge in [-0.3, -0.25) is 4.79 Å². The van der Waals surface area contributed by atoms with Crippen molar-refractivity contribution in [2.24, 2.45) is 11.7 Å². The molecule has 0 aliphatic rings. The van der Waals surface area contributed by atoms with Crippen molar-refractivity contribution >= 4 is 24.5 Å². The molecule has 7 nitrogen and oxygen atoms in total. The van der Waals surface area contributed by atoms with Gasteiger partial charge in [0, 0.05) is 43.8 Å². The van der Waals surface area contributed by atoms with E-state index in [-0.39, 0.29) is 43.9 Å². The second-order valence-electron chi connectivity index (χ2n) is 6.66. The summed E-state index contributed by atoms with van der Waals surface area (Å²) in [5.41, 5.74) is 4.45. The fraction of sp³-hybridized carbons (Fsp3) is 0.778. The molecule has 0 rings (SSSR count). The molecule has 0 aromatic rings. The van der Waals surface area contributed by atoms with Crippen molar-refractivity contribution in [3.05, 3.63) is 12.2 Å². The summed E-state index contributed by atoms with van der Waals surface area (Å²) in [6, 6.07) is 0.0346. The number of hydrogen-bond donors (Lipinski definition) is 6. The number of carboxylic acid groups (broad SMARTS) is 1. The zero-order valence-corrected chi connectivity index (χ0v) is 17.0. The maximum Gasteiger partial charge on any atom is 0.329 e. The van der Waals surface area contributed by atoms with E-state index in [9.17, 15) is 14.7 Å². The normalized spacial score (nSPS) is 17.5. The topological polar surface area (TPSA) is 125 Å². The predicted molar refractivity (Wildman–Crippen MR) is 107 cm³/mol. The third kappa shape index (κ3) is 8.53. The van der Waals surface area contributed by atoms with E-state index in [1.807, 2.05) is 6.08 Å². The van der Waals surface area contributed by atoms with E-state index < -0.39 is 11.5 Å². The minimum atomic E-state index is -1.42. The first-order chi connectivity index (χ1) is 12.3. The van der Waals surface area contributed by atoms with Gasteiger partial charge >= 0.3 is 5.97 Å². The zero-order valence-electron chi connectivity index (χ0n) is 16.1. The van der Waals surface area contributed by atoms with Crippen LogP contribution < -0.4 is 16.4 Å². The number of aliphatic hydroxyl groups excluding tert-OH is 1. The van der Waals surface area contributed by atoms with Crippen molar-refractivity contribution in [3.8, 4) is 0 Å². The lowest BCUT2D eigenvalue weighted by Gasteiger charge is -2.28. The molecule has 0 spiro atoms. The predicted octanol–water partition coefficient (Wildman–Crippen LogP) is 0.926. The molecule has 0 aliphatic carbocycles. The summed E-state index contributed by atoms with van der Waals surface area (Å²) in [4.78, 5) is 23.7. The Morgan fingerprint density at radius 1 is 1.35 bits per heavy atom. The van der Waals surface area contributed by atoms with Crippen molar-refractivity contribution in [2.75, 3.05) is 18.9 Å². The van der Waals surface area contributed by atoms with E-state index in [0.717, 1.165) is 6.42 Å². The highest BCUT2D eigenvalue weighted by atomic mass is 32.1. The van der Waals surface area contributed by atoms with Gasteiger partial charge in [0.05, 0.1) is 0 Å². The van der Waals surface area contributed by atoms with Crippen LogP contribution in [0.1, 0.15) is 46.5 Å². The first kappa shape index (κ1) is 24.9. The first-order valence-corrected chi connectivity index (χ1v) is 9.81. The Kier molecular flexibility index (Phi) is 12.6. The van der Waals surface area contributed by atoms with E-state index in [1.54, 1.807) is 13.0 Å². The largest absolute Gasteiger partial charge is 0.480 e. The smallest absolute Gasteiger partial charge is 0.329 e. The van der Waals surface area contributed by atoms with Gasteiger partial charge in [0.15, 0.2) is 0 Å². The number of aliphatic hydroxyl groups is 1. The summed E-state index contributed by atoms with van der Waals surface area (Å²) < 4.78 is 0. The van der Waals surface area contributed by atoms with Crippen molar-refractivity contribution in [3.63, 3.8) is 0 Å². The van der Waals surface area contributed by atoms with E-state index in [0.29, 0.717) is 18.2 Å². The van der Waals surface area contributed by atoms with Gasteiger partial charge in [0.25, 0.3) is 0 Å². The number of carbonyl (C=O) groups is 2. The van der Waals surface area contributed by atoms with Gasteiger partial charge < -0.3 is 26.6 Å². The maximum atomic E-state index is 12.2. The van der Waals surface area contributed by atoms with Gasteiger partial charge in [-0.1, -0.05) is 39.3 Å². The number of nitrogens with two attached hydrogens (primary N) is 1. The van der Waals surface area contributed by atoms with Crippen LogP contribution in [0.25, 0.3) is 0 Å². The molecule has 1 amide bonds. The van der Waals surface area contributed by atoms with Crippen molar-refractivity contribution in [1.82, 2.24) is 10.6 Å². The quantitative estimate of drug-likeness (QED) is 0.194. The number of aliphatic carboxylic acids is 1. The molecule has 26 heavy (non-hydrogen) atoms. The molecule has 0 bridgehead atoms. The number of thiol groups is 1. The van der Waals surface area contributed by atoms with Crippen LogP contribution in [0.4, 0.5) is 0 Å². The average Bonchev–Trinajstić information content (AvgIpc) is 2.62. The molecule has 0 aromatic heterocycles. The minimum absolute atomic E-state index is 0.0209. The molecule has 6 N–H and O–H groups in total. The van der Waals surface area contributed by atoms with Gasteiger partial charge in [-0.2, -0.15) is 12.6 Å². The summed E-state index contributed by atoms with van der Waals surface area (Å²) in [5.74, 6) is -0.560. The highest BCUT2D eigenvalue weighted by Crippen LogP contribution is 2.16. The van der Waals surface area contributed by atoms with E-state index >= 15 is 0 Å². The van der Waals surface area contributed by atoms with Crippen LogP contribution in [0, 0.1) is 5.92 Å². The van der Waals surface area contributed by atoms with Gasteiger partial charge in [-0.25, -0.2) is 4.79 Å². The molecular formula is C18H35N3O4S. The summed E-state index contributed by atoms with van der Waals surface area (Å²) in [6.45, 7) is 6.20. The Morgan fingerprint density at radius 3 is 2.46 bits per heavy atom. The second kappa shape index (κ2) is 13.1. The lowest BCUT2D eigenvalue weighted by Crippen LogP contribution is -2.54. The van der Waals surface area contributed by atoms with Crippen molar-refractivity contribution < 1.29 is 19.8 Å². The summed E-state index contributed by atoms with van der Waals surface area (Å²) in [6.07, 6.45) is 4.91. The maximum absolute atomic E-state index is 12.2. The van der Waals surface area contributed by atoms with Crippen LogP contribution >= 0.6 is 12.6 Å². The molecule has 0 aliphatic heterocycles. The molecule has 152 valence electrons. The van der Waals surface area contributed by atoms with Crippen LogP contribution in [0.15, 0.2) is 12.2 Å². The third-order valence-electron chi connectivity index (χ3n) is 4.68. The molecule has 0 saturated carbocycles. The van der Waals surface area contributed by atoms with Crippen LogP contribution in [0.3, 0.4) is 0 Å². The van der Waals surface area contributed by atoms with Crippen LogP contribution in [-0.2, 0) is 9.59 Å². The molecule has 0 radical (unpaired) electrons. The average molecular weight is 390 g/mol. The lowest BCUT2D eigenvalue weighted by atomic mass is 9.92. The third-order valence-corrected chi connectivity index (χ3v) is 5.15. The molecule has 0 unspecified atom stereocenters. The number of rotatable bonds is 14. The lowest BCUT2D eigenvalue weighted by molar-refractivity contribution is -0.148. The van der Waals surface area contributed by atoms with Gasteiger partial charge in [-0.15, -0.1) is 0 Å². The van der Waals surface area contributed by atoms with Crippen molar-refractivity contribution in [2.45, 2.75) is 64.1 Å². The summed E-state index contributed by atoms with van der Waals surface area (Å²) in [5, 5.41) is 24.4. The highest BCUT2D eigenvalue weighted by molar-refractivity contribution is 7.80. The number of carbonyl (C=O) groups excluding carboxylic acids is 1. The molecular weight excluding hydrogens is 354 g/mol. The Labute approximate surface area is 162 Å². The highest BCUT2D eigenvalue weighted by Gasteiger charge is 2.37. The Hall–Kier alpha value is -1.09. The standard InChI is InChI=1S/C18H35N3O4S/c1-4-13(3)15(20-11-14(19)12-26)7-6-8-16(23)21-18(5-2,9-10-22)17(24)25/h6-7,13-15,20,22,26H,4-5,8-12,19H2,1-3H3,(H,21,23)(H,24,25)/b7-6+/t13-,14+,15+,18+/m0/s1. The molecule has 0 fully saturated rings. The number of hydrogen-bond acceptors (Lipinski definition) is 6.